The minimum absolute atomic E-state index is 0.0324. The van der Waals surface area contributed by atoms with Crippen LogP contribution in [0.25, 0.3) is 11.1 Å². The SMILES string of the molecule is C=C/C(=C\C=C(/C)c1ccc(C2=C=C3C(=C2)CC2=C3C=C3C2C(C)(C2C=CC=C2)/C=C\C=C/N3C)cc1C)Nc1ccccc1. The summed E-state index contributed by atoms with van der Waals surface area (Å²) in [6, 6.07) is 17.0. The zero-order valence-corrected chi connectivity index (χ0v) is 26.6. The van der Waals surface area contributed by atoms with Gasteiger partial charge >= 0.3 is 0 Å². The van der Waals surface area contributed by atoms with Crippen LogP contribution in [-0.2, 0) is 0 Å². The summed E-state index contributed by atoms with van der Waals surface area (Å²) in [7, 11) is 2.19. The van der Waals surface area contributed by atoms with Crippen molar-refractivity contribution in [2.24, 2.45) is 17.3 Å². The third kappa shape index (κ3) is 5.12. The first-order chi connectivity index (χ1) is 21.9. The summed E-state index contributed by atoms with van der Waals surface area (Å²) in [5, 5.41) is 3.43. The molecule has 1 heterocycles. The van der Waals surface area contributed by atoms with Crippen molar-refractivity contribution in [2.75, 3.05) is 12.4 Å². The van der Waals surface area contributed by atoms with Crippen molar-refractivity contribution in [1.29, 1.82) is 0 Å². The van der Waals surface area contributed by atoms with Gasteiger partial charge in [0, 0.05) is 58.7 Å². The van der Waals surface area contributed by atoms with E-state index in [4.69, 9.17) is 0 Å². The zero-order chi connectivity index (χ0) is 31.1. The summed E-state index contributed by atoms with van der Waals surface area (Å²) in [4.78, 5) is 2.32. The standard InChI is InChI=1S/C43H40N2/c1-6-35(44-36-16-8-7-9-17-36)20-18-29(2)37-21-19-31(24-30(37)3)32-25-33-27-40-39(38(33)26-32)28-41-42(40)43(4,34-14-10-11-15-34)22-12-13-23-45(41)5/h6-25,28,34,42,44H,1,27H2,2-5H3/b22-12-,23-13-,29-18+,35-20+. The second kappa shape index (κ2) is 11.5. The number of aryl methyl sites for hydroxylation is 1. The van der Waals surface area contributed by atoms with E-state index in [0.29, 0.717) is 11.8 Å². The van der Waals surface area contributed by atoms with Gasteiger partial charge in [-0.3, -0.25) is 0 Å². The van der Waals surface area contributed by atoms with Gasteiger partial charge in [0.1, 0.15) is 0 Å². The molecule has 5 aliphatic rings. The van der Waals surface area contributed by atoms with Crippen LogP contribution in [0.3, 0.4) is 0 Å². The molecule has 4 aliphatic carbocycles. The number of rotatable bonds is 7. The normalized spacial score (nSPS) is 25.2. The predicted molar refractivity (Wildman–Crippen MR) is 191 cm³/mol. The topological polar surface area (TPSA) is 15.3 Å². The van der Waals surface area contributed by atoms with Gasteiger partial charge in [-0.25, -0.2) is 0 Å². The number of para-hydroxylation sites is 1. The molecule has 2 nitrogen and oxygen atoms in total. The molecule has 0 saturated carbocycles. The Bertz CT molecular complexity index is 1930. The molecule has 7 rings (SSSR count). The number of hydrogen-bond donors (Lipinski definition) is 1. The third-order valence-corrected chi connectivity index (χ3v) is 9.96. The molecule has 1 aliphatic heterocycles. The van der Waals surface area contributed by atoms with Crippen LogP contribution in [-0.4, -0.2) is 11.9 Å². The van der Waals surface area contributed by atoms with E-state index in [9.17, 15) is 0 Å². The minimum atomic E-state index is -0.0324. The van der Waals surface area contributed by atoms with E-state index < -0.39 is 0 Å². The lowest BCUT2D eigenvalue weighted by Gasteiger charge is -2.42. The fourth-order valence-corrected chi connectivity index (χ4v) is 7.53. The van der Waals surface area contributed by atoms with Crippen molar-refractivity contribution in [3.05, 3.63) is 190 Å². The van der Waals surface area contributed by atoms with Crippen molar-refractivity contribution in [2.45, 2.75) is 27.2 Å². The van der Waals surface area contributed by atoms with Gasteiger partial charge < -0.3 is 10.2 Å². The Morgan fingerprint density at radius 2 is 1.82 bits per heavy atom. The smallest absolute Gasteiger partial charge is 0.0384 e. The molecular formula is C43H40N2. The lowest BCUT2D eigenvalue weighted by molar-refractivity contribution is 0.250. The Hall–Kier alpha value is -5.04. The van der Waals surface area contributed by atoms with Gasteiger partial charge in [-0.05, 0) is 102 Å². The van der Waals surface area contributed by atoms with E-state index in [0.717, 1.165) is 17.8 Å². The van der Waals surface area contributed by atoms with Crippen LogP contribution in [0.1, 0.15) is 37.0 Å². The average Bonchev–Trinajstić information content (AvgIpc) is 3.84. The van der Waals surface area contributed by atoms with Crippen LogP contribution < -0.4 is 5.32 Å². The number of hydrogen-bond acceptors (Lipinski definition) is 2. The van der Waals surface area contributed by atoms with E-state index in [2.05, 4.69) is 154 Å². The van der Waals surface area contributed by atoms with Crippen molar-refractivity contribution >= 4 is 16.8 Å². The largest absolute Gasteiger partial charge is 0.356 e. The van der Waals surface area contributed by atoms with Crippen LogP contribution >= 0.6 is 0 Å². The van der Waals surface area contributed by atoms with Crippen molar-refractivity contribution in [3.8, 4) is 0 Å². The highest BCUT2D eigenvalue weighted by atomic mass is 15.1. The second-order valence-electron chi connectivity index (χ2n) is 12.9. The highest BCUT2D eigenvalue weighted by molar-refractivity contribution is 5.85. The van der Waals surface area contributed by atoms with Crippen LogP contribution in [0.15, 0.2) is 174 Å². The summed E-state index contributed by atoms with van der Waals surface area (Å²) in [5.41, 5.74) is 19.0. The third-order valence-electron chi connectivity index (χ3n) is 9.96. The number of allylic oxidation sites excluding steroid dienone is 17. The van der Waals surface area contributed by atoms with Crippen molar-refractivity contribution in [1.82, 2.24) is 4.90 Å². The van der Waals surface area contributed by atoms with E-state index in [-0.39, 0.29) is 5.41 Å². The predicted octanol–water partition coefficient (Wildman–Crippen LogP) is 10.4. The molecule has 1 N–H and O–H groups in total. The quantitative estimate of drug-likeness (QED) is 0.257. The van der Waals surface area contributed by atoms with E-state index in [1.807, 2.05) is 24.3 Å². The Morgan fingerprint density at radius 3 is 2.58 bits per heavy atom. The maximum absolute atomic E-state index is 3.99. The lowest BCUT2D eigenvalue weighted by atomic mass is 9.64. The fourth-order valence-electron chi connectivity index (χ4n) is 7.53. The van der Waals surface area contributed by atoms with E-state index in [1.165, 1.54) is 50.3 Å². The molecule has 0 fully saturated rings. The summed E-state index contributed by atoms with van der Waals surface area (Å²) < 4.78 is 0. The minimum Gasteiger partial charge on any atom is -0.356 e. The van der Waals surface area contributed by atoms with Crippen LogP contribution in [0, 0.1) is 24.2 Å². The molecule has 0 spiro atoms. The second-order valence-corrected chi connectivity index (χ2v) is 12.9. The Labute approximate surface area is 268 Å². The number of fused-ring (bicyclic) bond motifs is 4. The number of nitrogens with one attached hydrogen (secondary N) is 1. The zero-order valence-electron chi connectivity index (χ0n) is 26.6. The molecule has 2 aromatic rings. The monoisotopic (exact) mass is 584 g/mol. The Morgan fingerprint density at radius 1 is 1.02 bits per heavy atom. The molecule has 2 aromatic carbocycles. The van der Waals surface area contributed by atoms with E-state index >= 15 is 0 Å². The molecule has 2 atom stereocenters. The molecule has 0 radical (unpaired) electrons. The van der Waals surface area contributed by atoms with Crippen LogP contribution in [0.5, 0.6) is 0 Å². The molecule has 45 heavy (non-hydrogen) atoms. The molecule has 2 heteroatoms. The first-order valence-corrected chi connectivity index (χ1v) is 15.9. The first kappa shape index (κ1) is 28.7. The van der Waals surface area contributed by atoms with Gasteiger partial charge in [0.05, 0.1) is 0 Å². The molecular weight excluding hydrogens is 544 g/mol. The summed E-state index contributed by atoms with van der Waals surface area (Å²) in [6.07, 6.45) is 30.0. The molecule has 0 aromatic heterocycles. The van der Waals surface area contributed by atoms with Gasteiger partial charge in [-0.2, -0.15) is 0 Å². The highest BCUT2D eigenvalue weighted by Gasteiger charge is 2.48. The number of nitrogens with zero attached hydrogens (tertiary/aromatic N) is 1. The van der Waals surface area contributed by atoms with Crippen LogP contribution in [0.2, 0.25) is 0 Å². The Kier molecular flexibility index (Phi) is 7.32. The molecule has 222 valence electrons. The van der Waals surface area contributed by atoms with Crippen molar-refractivity contribution in [3.63, 3.8) is 0 Å². The number of anilines is 1. The maximum Gasteiger partial charge on any atom is 0.0384 e. The van der Waals surface area contributed by atoms with Gasteiger partial charge in [-0.15, -0.1) is 5.73 Å². The Balaban J connectivity index is 1.19. The van der Waals surface area contributed by atoms with Gasteiger partial charge in [-0.1, -0.05) is 92.4 Å². The first-order valence-electron chi connectivity index (χ1n) is 15.9. The summed E-state index contributed by atoms with van der Waals surface area (Å²) in [5.74, 6) is 0.705. The number of benzene rings is 2. The molecule has 0 bridgehead atoms. The summed E-state index contributed by atoms with van der Waals surface area (Å²) >= 11 is 0. The fraction of sp³-hybridized carbons (Fsp3) is 0.186. The average molecular weight is 585 g/mol. The summed E-state index contributed by atoms with van der Waals surface area (Å²) in [6.45, 7) is 10.8. The van der Waals surface area contributed by atoms with Gasteiger partial charge in [0.2, 0.25) is 0 Å². The van der Waals surface area contributed by atoms with Gasteiger partial charge in [0.25, 0.3) is 0 Å². The molecule has 0 saturated heterocycles. The van der Waals surface area contributed by atoms with Crippen molar-refractivity contribution < 1.29 is 0 Å². The van der Waals surface area contributed by atoms with E-state index in [1.54, 1.807) is 5.57 Å². The van der Waals surface area contributed by atoms with Crippen LogP contribution in [0.4, 0.5) is 5.69 Å². The lowest BCUT2D eigenvalue weighted by Crippen LogP contribution is -2.36. The highest BCUT2D eigenvalue weighted by Crippen LogP contribution is 2.58. The molecule has 0 amide bonds. The van der Waals surface area contributed by atoms with Gasteiger partial charge in [0.15, 0.2) is 0 Å². The maximum atomic E-state index is 3.99. The molecule has 2 unspecified atom stereocenters.